The van der Waals surface area contributed by atoms with Crippen LogP contribution in [0.25, 0.3) is 11.1 Å². The number of aromatic hydroxyl groups is 1. The molecule has 0 spiro atoms. The number of cyclic esters (lactones) is 1. The Bertz CT molecular complexity index is 1670. The van der Waals surface area contributed by atoms with E-state index in [1.165, 1.54) is 43.4 Å². The quantitative estimate of drug-likeness (QED) is 0.139. The second-order valence-corrected chi connectivity index (χ2v) is 14.6. The number of hydrogen-bond donors (Lipinski definition) is 3. The number of allylic oxidation sites excluding steroid dienone is 4. The predicted octanol–water partition coefficient (Wildman–Crippen LogP) is 4.04. The number of carbonyl (C=O) groups is 5. The van der Waals surface area contributed by atoms with Crippen LogP contribution in [0.5, 0.6) is 5.75 Å². The summed E-state index contributed by atoms with van der Waals surface area (Å²) >= 11 is 2.67. The number of carbonyl (C=O) groups excluding carboxylic acids is 5. The Morgan fingerprint density at radius 1 is 0.920 bits per heavy atom. The Morgan fingerprint density at radius 3 is 2.18 bits per heavy atom. The smallest absolute Gasteiger partial charge is 0.329 e. The molecule has 2 aliphatic rings. The molecule has 3 atom stereocenters. The topological polar surface area (TPSA) is 151 Å². The van der Waals surface area contributed by atoms with E-state index in [1.807, 2.05) is 38.1 Å². The van der Waals surface area contributed by atoms with Crippen LogP contribution in [0.2, 0.25) is 0 Å². The van der Waals surface area contributed by atoms with Crippen molar-refractivity contribution in [1.29, 1.82) is 0 Å². The fraction of sp³-hybridized carbons (Fsp3) is 0.432. The lowest BCUT2D eigenvalue weighted by molar-refractivity contribution is -0.141. The number of nitrogens with one attached hydrogen (secondary N) is 2. The SMILES string of the molecule is CC(=O)/C=C(/C)c1ccc(SCC(=O)NC2C(=O)OCC2C2CN(CCNC(=O)CSc3ccc(/C(C)=C\C(C)=O)c(O)c3)CCO2)cc1C. The molecular weight excluding hydrogens is 679 g/mol. The summed E-state index contributed by atoms with van der Waals surface area (Å²) in [4.78, 5) is 64.7. The van der Waals surface area contributed by atoms with Gasteiger partial charge in [0.25, 0.3) is 0 Å². The number of ketones is 2. The average Bonchev–Trinajstić information content (AvgIpc) is 3.41. The van der Waals surface area contributed by atoms with Gasteiger partial charge in [-0.15, -0.1) is 23.5 Å². The van der Waals surface area contributed by atoms with E-state index < -0.39 is 12.0 Å². The molecule has 2 saturated heterocycles. The summed E-state index contributed by atoms with van der Waals surface area (Å²) in [5.41, 5.74) is 4.10. The molecule has 3 unspecified atom stereocenters. The van der Waals surface area contributed by atoms with Gasteiger partial charge in [-0.25, -0.2) is 4.79 Å². The van der Waals surface area contributed by atoms with Gasteiger partial charge in [-0.3, -0.25) is 24.1 Å². The lowest BCUT2D eigenvalue weighted by atomic mass is 9.95. The zero-order chi connectivity index (χ0) is 36.4. The van der Waals surface area contributed by atoms with Crippen molar-refractivity contribution in [2.75, 3.05) is 50.9 Å². The van der Waals surface area contributed by atoms with Gasteiger partial charge in [0, 0.05) is 41.5 Å². The van der Waals surface area contributed by atoms with Crippen molar-refractivity contribution in [2.24, 2.45) is 5.92 Å². The second-order valence-electron chi connectivity index (χ2n) is 12.5. The highest BCUT2D eigenvalue weighted by Gasteiger charge is 2.44. The highest BCUT2D eigenvalue weighted by molar-refractivity contribution is 8.00. The fourth-order valence-electron chi connectivity index (χ4n) is 6.01. The van der Waals surface area contributed by atoms with E-state index in [1.54, 1.807) is 25.1 Å². The van der Waals surface area contributed by atoms with E-state index in [9.17, 15) is 29.1 Å². The van der Waals surface area contributed by atoms with Gasteiger partial charge in [0.1, 0.15) is 11.8 Å². The lowest BCUT2D eigenvalue weighted by Crippen LogP contribution is -2.53. The molecule has 13 heteroatoms. The van der Waals surface area contributed by atoms with Crippen molar-refractivity contribution >= 4 is 64.0 Å². The third-order valence-corrected chi connectivity index (χ3v) is 10.4. The van der Waals surface area contributed by atoms with Gasteiger partial charge in [-0.05, 0) is 99.4 Å². The lowest BCUT2D eigenvalue weighted by Gasteiger charge is -2.36. The van der Waals surface area contributed by atoms with Crippen LogP contribution in [0.4, 0.5) is 0 Å². The minimum absolute atomic E-state index is 0.0125. The molecule has 3 N–H and O–H groups in total. The molecule has 2 aromatic carbocycles. The van der Waals surface area contributed by atoms with Crippen LogP contribution in [0.15, 0.2) is 58.3 Å². The van der Waals surface area contributed by atoms with Crippen LogP contribution in [0, 0.1) is 12.8 Å². The number of thioether (sulfide) groups is 2. The highest BCUT2D eigenvalue weighted by Crippen LogP contribution is 2.30. The molecule has 0 bridgehead atoms. The van der Waals surface area contributed by atoms with Gasteiger partial charge < -0.3 is 25.2 Å². The molecule has 50 heavy (non-hydrogen) atoms. The summed E-state index contributed by atoms with van der Waals surface area (Å²) in [6.45, 7) is 11.4. The first-order valence-corrected chi connectivity index (χ1v) is 18.4. The molecule has 2 aliphatic heterocycles. The molecule has 0 radical (unpaired) electrons. The molecule has 0 saturated carbocycles. The van der Waals surface area contributed by atoms with E-state index in [0.29, 0.717) is 43.9 Å². The van der Waals surface area contributed by atoms with Crippen LogP contribution in [-0.2, 0) is 33.4 Å². The third-order valence-electron chi connectivity index (χ3n) is 8.42. The minimum Gasteiger partial charge on any atom is -0.507 e. The molecule has 268 valence electrons. The Hall–Kier alpha value is -3.91. The van der Waals surface area contributed by atoms with Crippen LogP contribution in [0.1, 0.15) is 44.4 Å². The van der Waals surface area contributed by atoms with Crippen LogP contribution in [-0.4, -0.2) is 102 Å². The van der Waals surface area contributed by atoms with Crippen molar-refractivity contribution in [3.05, 3.63) is 65.2 Å². The van der Waals surface area contributed by atoms with E-state index in [4.69, 9.17) is 9.47 Å². The molecule has 2 aromatic rings. The first kappa shape index (κ1) is 38.9. The van der Waals surface area contributed by atoms with E-state index in [2.05, 4.69) is 15.5 Å². The van der Waals surface area contributed by atoms with Gasteiger partial charge in [0.05, 0.1) is 36.7 Å². The zero-order valence-electron chi connectivity index (χ0n) is 29.1. The van der Waals surface area contributed by atoms with Gasteiger partial charge in [0.2, 0.25) is 11.8 Å². The summed E-state index contributed by atoms with van der Waals surface area (Å²) in [7, 11) is 0. The number of phenols is 1. The van der Waals surface area contributed by atoms with Gasteiger partial charge in [-0.2, -0.15) is 0 Å². The van der Waals surface area contributed by atoms with Crippen molar-refractivity contribution in [1.82, 2.24) is 15.5 Å². The molecule has 0 aromatic heterocycles. The summed E-state index contributed by atoms with van der Waals surface area (Å²) in [5, 5.41) is 16.2. The second kappa shape index (κ2) is 18.4. The molecule has 2 fully saturated rings. The first-order valence-electron chi connectivity index (χ1n) is 16.4. The van der Waals surface area contributed by atoms with E-state index in [0.717, 1.165) is 26.5 Å². The normalized spacial score (nSPS) is 19.9. The minimum atomic E-state index is -0.809. The van der Waals surface area contributed by atoms with Gasteiger partial charge >= 0.3 is 5.97 Å². The summed E-state index contributed by atoms with van der Waals surface area (Å²) in [5.74, 6) is -0.997. The molecule has 2 amide bonds. The van der Waals surface area contributed by atoms with Crippen LogP contribution >= 0.6 is 23.5 Å². The van der Waals surface area contributed by atoms with Crippen molar-refractivity contribution in [2.45, 2.75) is 56.6 Å². The standard InChI is InChI=1S/C37H45N3O8S2/c1-22(14-25(4)41)29-8-6-27(16-24(29)3)50-21-35(45)39-36-31(19-48-37(36)46)33-18-40(12-13-47-33)11-10-38-34(44)20-49-28-7-9-30(32(43)17-28)23(2)15-26(5)42/h6-9,14-17,31,33,36,43H,10-13,18-21H2,1-5H3,(H,38,44)(H,39,45)/b22-14-,23-15-. The van der Waals surface area contributed by atoms with Gasteiger partial charge in [0.15, 0.2) is 11.6 Å². The molecular formula is C37H45N3O8S2. The largest absolute Gasteiger partial charge is 0.507 e. The van der Waals surface area contributed by atoms with E-state index >= 15 is 0 Å². The third kappa shape index (κ3) is 11.3. The number of phenolic OH excluding ortho intramolecular Hbond substituents is 1. The highest BCUT2D eigenvalue weighted by atomic mass is 32.2. The number of morpholine rings is 1. The summed E-state index contributed by atoms with van der Waals surface area (Å²) < 4.78 is 11.4. The monoisotopic (exact) mass is 723 g/mol. The summed E-state index contributed by atoms with van der Waals surface area (Å²) in [6.07, 6.45) is 2.74. The molecule has 2 heterocycles. The van der Waals surface area contributed by atoms with Gasteiger partial charge in [-0.1, -0.05) is 6.07 Å². The Labute approximate surface area is 301 Å². The number of nitrogens with zero attached hydrogens (tertiary/aromatic N) is 1. The number of aryl methyl sites for hydroxylation is 1. The zero-order valence-corrected chi connectivity index (χ0v) is 30.7. The molecule has 11 nitrogen and oxygen atoms in total. The maximum Gasteiger partial charge on any atom is 0.329 e. The fourth-order valence-corrected chi connectivity index (χ4v) is 7.57. The predicted molar refractivity (Wildman–Crippen MR) is 195 cm³/mol. The van der Waals surface area contributed by atoms with Crippen molar-refractivity contribution < 1.29 is 38.6 Å². The number of amides is 2. The Morgan fingerprint density at radius 2 is 1.54 bits per heavy atom. The average molecular weight is 724 g/mol. The number of ether oxygens (including phenoxy) is 2. The number of esters is 1. The van der Waals surface area contributed by atoms with Crippen LogP contribution < -0.4 is 10.6 Å². The molecule has 4 rings (SSSR count). The first-order chi connectivity index (χ1) is 23.8. The van der Waals surface area contributed by atoms with Crippen molar-refractivity contribution in [3.63, 3.8) is 0 Å². The van der Waals surface area contributed by atoms with E-state index in [-0.39, 0.29) is 59.3 Å². The number of benzene rings is 2. The van der Waals surface area contributed by atoms with Crippen LogP contribution in [0.3, 0.4) is 0 Å². The number of rotatable bonds is 15. The Kier molecular flexibility index (Phi) is 14.3. The van der Waals surface area contributed by atoms with Crippen molar-refractivity contribution in [3.8, 4) is 5.75 Å². The number of hydrogen-bond acceptors (Lipinski definition) is 11. The maximum atomic E-state index is 12.9. The molecule has 0 aliphatic carbocycles. The maximum absolute atomic E-state index is 12.9. The summed E-state index contributed by atoms with van der Waals surface area (Å²) in [6, 6.07) is 10.2. The Balaban J connectivity index is 1.21.